The van der Waals surface area contributed by atoms with E-state index in [0.717, 1.165) is 30.4 Å². The fourth-order valence-electron chi connectivity index (χ4n) is 12.1. The number of amides is 7. The van der Waals surface area contributed by atoms with Crippen LogP contribution in [0.25, 0.3) is 0 Å². The summed E-state index contributed by atoms with van der Waals surface area (Å²) in [4.78, 5) is 96.9. The first-order valence-corrected chi connectivity index (χ1v) is 30.3. The van der Waals surface area contributed by atoms with Crippen LogP contribution < -0.4 is 37.2 Å². The summed E-state index contributed by atoms with van der Waals surface area (Å²) >= 11 is 0. The topological polar surface area (TPSA) is 267 Å². The van der Waals surface area contributed by atoms with E-state index in [2.05, 4.69) is 84.8 Å². The number of hydrogen-bond donors (Lipinski definition) is 8. The third kappa shape index (κ3) is 18.8. The second-order valence-electron chi connectivity index (χ2n) is 26.7. The van der Waals surface area contributed by atoms with Crippen molar-refractivity contribution in [2.45, 2.75) is 209 Å². The van der Waals surface area contributed by atoms with Crippen LogP contribution >= 0.6 is 0 Å². The van der Waals surface area contributed by atoms with Gasteiger partial charge < -0.3 is 61.3 Å². The lowest BCUT2D eigenvalue weighted by Crippen LogP contribution is -2.57. The number of hydrogen-bond acceptors (Lipinski definition) is 12. The molecule has 2 aliphatic heterocycles. The van der Waals surface area contributed by atoms with Gasteiger partial charge in [0.15, 0.2) is 0 Å². The van der Waals surface area contributed by atoms with Crippen molar-refractivity contribution in [3.63, 3.8) is 0 Å². The van der Waals surface area contributed by atoms with E-state index in [4.69, 9.17) is 18.9 Å². The first-order chi connectivity index (χ1) is 39.3. The zero-order valence-electron chi connectivity index (χ0n) is 52.9. The smallest absolute Gasteiger partial charge is 0.407 e. The summed E-state index contributed by atoms with van der Waals surface area (Å²) in [5.74, 6) is -3.18. The van der Waals surface area contributed by atoms with Gasteiger partial charge in [-0.25, -0.2) is 4.79 Å². The van der Waals surface area contributed by atoms with Crippen molar-refractivity contribution in [1.29, 1.82) is 0 Å². The highest BCUT2D eigenvalue weighted by atomic mass is 16.6. The van der Waals surface area contributed by atoms with Gasteiger partial charge in [-0.3, -0.25) is 28.8 Å². The Morgan fingerprint density at radius 1 is 0.786 bits per heavy atom. The molecule has 0 aromatic heterocycles. The van der Waals surface area contributed by atoms with Gasteiger partial charge >= 0.3 is 6.09 Å². The number of benzene rings is 2. The van der Waals surface area contributed by atoms with Gasteiger partial charge in [-0.05, 0) is 119 Å². The van der Waals surface area contributed by atoms with Crippen molar-refractivity contribution in [3.8, 4) is 0 Å². The number of allylic oxidation sites excluding steroid dienone is 1. The van der Waals surface area contributed by atoms with Gasteiger partial charge in [0.2, 0.25) is 35.4 Å². The lowest BCUT2D eigenvalue weighted by atomic mass is 9.56. The van der Waals surface area contributed by atoms with Crippen molar-refractivity contribution in [1.82, 2.24) is 31.9 Å². The number of carbonyl (C=O) groups is 7. The van der Waals surface area contributed by atoms with Crippen LogP contribution in [-0.4, -0.2) is 134 Å². The number of methoxy groups -OCH3 is 1. The third-order valence-electron chi connectivity index (χ3n) is 18.1. The zero-order chi connectivity index (χ0) is 62.4. The van der Waals surface area contributed by atoms with Gasteiger partial charge in [0.1, 0.15) is 35.5 Å². The maximum atomic E-state index is 14.6. The molecule has 1 aliphatic carbocycles. The Balaban J connectivity index is 1.15. The standard InChI is InChI=1S/C65H101N7O12/c1-16-60(8,9)38-62(12,57(78)68-35-43(7)73)39-63(13,61(10,11)17-2)58(79)69-37-52(75)71-48(34-45-21-19-18-20-22-45)56(77)72-47(33-42(5)6)55(76)67-36-51(74)70-46-26-24-44(25-27-46)30-32-66-59(80)83-49-29-31-65(40-82-65)54(53(49)81-15)64(14)50(84-64)28-23-41(3)4/h18-27,42-43,47-50,53-54,73H,16-17,28-40H2,1-15H3,(H,66,80)(H,67,76)(H,68,78)(H,69,79)(H,70,74)(H,71,75)(H,72,77)/t43?,47-,48-,49?,50+,53?,54?,62?,63?,64?,65-/m0/s1. The minimum absolute atomic E-state index is 0.0408. The molecule has 0 radical (unpaired) electrons. The fourth-order valence-corrected chi connectivity index (χ4v) is 12.1. The van der Waals surface area contributed by atoms with Crippen LogP contribution in [0, 0.1) is 33.5 Å². The van der Waals surface area contributed by atoms with Crippen LogP contribution in [-0.2, 0) is 60.6 Å². The van der Waals surface area contributed by atoms with Crippen LogP contribution in [0.4, 0.5) is 10.5 Å². The Kier molecular flexibility index (Phi) is 24.2. The first-order valence-electron chi connectivity index (χ1n) is 30.3. The van der Waals surface area contributed by atoms with E-state index in [1.54, 1.807) is 26.2 Å². The molecular weight excluding hydrogens is 1070 g/mol. The number of anilines is 1. The lowest BCUT2D eigenvalue weighted by Gasteiger charge is -2.48. The molecule has 2 heterocycles. The normalized spacial score (nSPS) is 23.5. The maximum Gasteiger partial charge on any atom is 0.407 e. The highest BCUT2D eigenvalue weighted by molar-refractivity contribution is 5.97. The number of carbonyl (C=O) groups excluding carboxylic acids is 7. The predicted octanol–water partition coefficient (Wildman–Crippen LogP) is 7.62. The molecule has 0 bridgehead atoms. The summed E-state index contributed by atoms with van der Waals surface area (Å²) in [6.07, 6.45) is 5.01. The van der Waals surface area contributed by atoms with Crippen molar-refractivity contribution in [2.75, 3.05) is 45.2 Å². The summed E-state index contributed by atoms with van der Waals surface area (Å²) in [5, 5.41) is 29.7. The number of alkyl carbamates (subject to hydrolysis) is 1. The SMILES string of the molecule is CCC(C)(C)CC(C)(CC(C)(C(=O)NCC(=O)N[C@@H](Cc1ccccc1)C(=O)N[C@@H](CC(C)C)C(=O)NCC(=O)Nc1ccc(CCNC(=O)OC2CC[C@]3(CO3)C(C3(C)O[C@@H]3CC=C(C)C)C2OC)cc1)C(C)(C)CC)C(=O)NCC(C)O. The molecule has 2 aromatic carbocycles. The van der Waals surface area contributed by atoms with E-state index in [9.17, 15) is 38.7 Å². The molecule has 3 aliphatic rings. The predicted molar refractivity (Wildman–Crippen MR) is 324 cm³/mol. The lowest BCUT2D eigenvalue weighted by molar-refractivity contribution is -0.147. The molecule has 468 valence electrons. The zero-order valence-corrected chi connectivity index (χ0v) is 52.9. The second-order valence-corrected chi connectivity index (χ2v) is 26.7. The second kappa shape index (κ2) is 29.5. The van der Waals surface area contributed by atoms with Gasteiger partial charge in [-0.15, -0.1) is 0 Å². The van der Waals surface area contributed by atoms with Crippen molar-refractivity contribution in [2.24, 2.45) is 33.5 Å². The molecule has 7 unspecified atom stereocenters. The molecule has 11 atom stereocenters. The van der Waals surface area contributed by atoms with E-state index in [0.29, 0.717) is 44.5 Å². The average molecular weight is 1170 g/mol. The fraction of sp³-hybridized carbons (Fsp3) is 0.677. The summed E-state index contributed by atoms with van der Waals surface area (Å²) in [6, 6.07) is 14.0. The van der Waals surface area contributed by atoms with Crippen LogP contribution in [0.3, 0.4) is 0 Å². The van der Waals surface area contributed by atoms with Crippen LogP contribution in [0.15, 0.2) is 66.2 Å². The largest absolute Gasteiger partial charge is 0.443 e. The van der Waals surface area contributed by atoms with Crippen molar-refractivity contribution in [3.05, 3.63) is 77.4 Å². The van der Waals surface area contributed by atoms with Crippen LogP contribution in [0.2, 0.25) is 0 Å². The molecule has 2 aromatic rings. The van der Waals surface area contributed by atoms with E-state index < -0.39 is 88.3 Å². The molecule has 1 spiro atoms. The van der Waals surface area contributed by atoms with Gasteiger partial charge in [0, 0.05) is 37.7 Å². The highest BCUT2D eigenvalue weighted by Gasteiger charge is 2.72. The summed E-state index contributed by atoms with van der Waals surface area (Å²) in [5.41, 5.74) is -0.497. The van der Waals surface area contributed by atoms with Gasteiger partial charge in [0.05, 0.1) is 43.2 Å². The van der Waals surface area contributed by atoms with Gasteiger partial charge in [0.25, 0.3) is 0 Å². The van der Waals surface area contributed by atoms with Gasteiger partial charge in [-0.1, -0.05) is 130 Å². The number of nitrogens with one attached hydrogen (secondary N) is 7. The summed E-state index contributed by atoms with van der Waals surface area (Å²) in [6.45, 7) is 27.6. The molecule has 19 nitrogen and oxygen atoms in total. The summed E-state index contributed by atoms with van der Waals surface area (Å²) in [7, 11) is 1.64. The number of rotatable bonds is 32. The van der Waals surface area contributed by atoms with Crippen molar-refractivity contribution >= 4 is 47.2 Å². The Labute approximate surface area is 499 Å². The molecule has 2 saturated heterocycles. The van der Waals surface area contributed by atoms with E-state index in [1.165, 1.54) is 5.57 Å². The quantitative estimate of drug-likeness (QED) is 0.0260. The molecule has 5 rings (SSSR count). The number of aliphatic hydroxyl groups is 1. The molecule has 84 heavy (non-hydrogen) atoms. The molecule has 1 saturated carbocycles. The molecule has 3 fully saturated rings. The Morgan fingerprint density at radius 2 is 1.44 bits per heavy atom. The number of epoxide rings is 2. The molecule has 7 amide bonds. The van der Waals surface area contributed by atoms with Crippen LogP contribution in [0.1, 0.15) is 159 Å². The Morgan fingerprint density at radius 3 is 2.02 bits per heavy atom. The van der Waals surface area contributed by atoms with E-state index >= 15 is 0 Å². The average Bonchev–Trinajstić information content (AvgIpc) is 1.79. The maximum absolute atomic E-state index is 14.6. The molecular formula is C65H101N7O12. The minimum atomic E-state index is -1.16. The minimum Gasteiger partial charge on any atom is -0.443 e. The van der Waals surface area contributed by atoms with E-state index in [1.807, 2.05) is 90.9 Å². The summed E-state index contributed by atoms with van der Waals surface area (Å²) < 4.78 is 24.3. The van der Waals surface area contributed by atoms with Gasteiger partial charge in [-0.2, -0.15) is 0 Å². The Hall–Kier alpha value is -5.89. The van der Waals surface area contributed by atoms with E-state index in [-0.39, 0.29) is 73.3 Å². The molecule has 19 heteroatoms. The third-order valence-corrected chi connectivity index (χ3v) is 18.1. The van der Waals surface area contributed by atoms with Crippen LogP contribution in [0.5, 0.6) is 0 Å². The number of aliphatic hydroxyl groups excluding tert-OH is 1. The first kappa shape index (κ1) is 68.9. The molecule has 8 N–H and O–H groups in total. The monoisotopic (exact) mass is 1170 g/mol. The van der Waals surface area contributed by atoms with Crippen molar-refractivity contribution < 1.29 is 57.6 Å². The highest BCUT2D eigenvalue weighted by Crippen LogP contribution is 2.60. The Bertz CT molecular complexity index is 2600. The number of ether oxygens (including phenoxy) is 4.